The van der Waals surface area contributed by atoms with Gasteiger partial charge in [0.1, 0.15) is 10.9 Å². The van der Waals surface area contributed by atoms with Crippen LogP contribution >= 0.6 is 22.7 Å². The minimum absolute atomic E-state index is 0.444. The van der Waals surface area contributed by atoms with Crippen LogP contribution in [0.4, 0.5) is 0 Å². The highest BCUT2D eigenvalue weighted by atomic mass is 32.1. The van der Waals surface area contributed by atoms with Crippen LogP contribution in [0.3, 0.4) is 0 Å². The summed E-state index contributed by atoms with van der Waals surface area (Å²) < 4.78 is 1.98. The molecule has 0 bridgehead atoms. The van der Waals surface area contributed by atoms with Gasteiger partial charge in [-0.15, -0.1) is 22.7 Å². The number of carbonyl (C=O) groups excluding carboxylic acids is 1. The zero-order chi connectivity index (χ0) is 19.4. The minimum Gasteiger partial charge on any atom is -0.369 e. The molecule has 0 saturated carbocycles. The first-order valence-corrected chi connectivity index (χ1v) is 10.5. The molecule has 0 saturated heterocycles. The fraction of sp³-hybridized carbons (Fsp3) is 0.150. The van der Waals surface area contributed by atoms with Crippen molar-refractivity contribution < 1.29 is 4.79 Å². The van der Waals surface area contributed by atoms with Crippen molar-refractivity contribution >= 4 is 44.4 Å². The first-order chi connectivity index (χ1) is 13.5. The number of amides is 1. The Labute approximate surface area is 168 Å². The summed E-state index contributed by atoms with van der Waals surface area (Å²) in [4.78, 5) is 25.9. The van der Waals surface area contributed by atoms with Gasteiger partial charge in [-0.05, 0) is 19.9 Å². The number of aryl methyl sites for hydroxylation is 2. The van der Waals surface area contributed by atoms with Gasteiger partial charge in [-0.3, -0.25) is 9.20 Å². The summed E-state index contributed by atoms with van der Waals surface area (Å²) in [7, 11) is 0. The number of aromatic amines is 1. The highest BCUT2D eigenvalue weighted by Gasteiger charge is 2.28. The number of nitrogens with zero attached hydrogens (tertiary/aromatic N) is 3. The minimum atomic E-state index is -0.657. The largest absolute Gasteiger partial charge is 0.369 e. The molecule has 0 aliphatic rings. The highest BCUT2D eigenvalue weighted by molar-refractivity contribution is 7.15. The zero-order valence-electron chi connectivity index (χ0n) is 15.3. The summed E-state index contributed by atoms with van der Waals surface area (Å²) >= 11 is 2.99. The van der Waals surface area contributed by atoms with Crippen LogP contribution < -0.4 is 5.73 Å². The van der Waals surface area contributed by atoms with Crippen molar-refractivity contribution in [3.63, 3.8) is 0 Å². The SMILES string of the molecule is Cc1[nH]c2ccccc2c1-c1csc(C(C(N)=O)c2cn3c(C)csc3n2)n1. The molecule has 0 spiro atoms. The number of rotatable bonds is 4. The van der Waals surface area contributed by atoms with Crippen LogP contribution in [0.2, 0.25) is 0 Å². The van der Waals surface area contributed by atoms with E-state index in [4.69, 9.17) is 10.7 Å². The van der Waals surface area contributed by atoms with E-state index in [-0.39, 0.29) is 0 Å². The lowest BCUT2D eigenvalue weighted by Crippen LogP contribution is -2.22. The molecule has 8 heteroatoms. The summed E-state index contributed by atoms with van der Waals surface area (Å²) in [5.74, 6) is -1.10. The molecular formula is C20H17N5OS2. The average molecular weight is 408 g/mol. The van der Waals surface area contributed by atoms with Gasteiger partial charge in [0.05, 0.1) is 11.4 Å². The van der Waals surface area contributed by atoms with Gasteiger partial charge in [-0.2, -0.15) is 0 Å². The third kappa shape index (κ3) is 2.56. The van der Waals surface area contributed by atoms with Crippen LogP contribution in [0.5, 0.6) is 0 Å². The van der Waals surface area contributed by atoms with Gasteiger partial charge in [0.2, 0.25) is 5.91 Å². The number of carbonyl (C=O) groups is 1. The maximum absolute atomic E-state index is 12.3. The van der Waals surface area contributed by atoms with E-state index in [1.807, 2.05) is 53.4 Å². The molecule has 1 atom stereocenters. The predicted octanol–water partition coefficient (Wildman–Crippen LogP) is 4.23. The fourth-order valence-electron chi connectivity index (χ4n) is 3.59. The molecule has 4 heterocycles. The Balaban J connectivity index is 1.61. The molecule has 6 nitrogen and oxygen atoms in total. The summed E-state index contributed by atoms with van der Waals surface area (Å²) in [6, 6.07) is 8.14. The normalized spacial score (nSPS) is 12.8. The summed E-state index contributed by atoms with van der Waals surface area (Å²) in [5, 5.41) is 5.80. The predicted molar refractivity (Wildman–Crippen MR) is 113 cm³/mol. The van der Waals surface area contributed by atoms with Crippen molar-refractivity contribution in [1.29, 1.82) is 0 Å². The molecule has 0 fully saturated rings. The van der Waals surface area contributed by atoms with Crippen LogP contribution in [0.25, 0.3) is 27.1 Å². The number of para-hydroxylation sites is 1. The lowest BCUT2D eigenvalue weighted by molar-refractivity contribution is -0.118. The molecular weight excluding hydrogens is 390 g/mol. The Morgan fingerprint density at radius 1 is 1.18 bits per heavy atom. The van der Waals surface area contributed by atoms with Gasteiger partial charge in [0.25, 0.3) is 0 Å². The monoisotopic (exact) mass is 407 g/mol. The Morgan fingerprint density at radius 3 is 2.79 bits per heavy atom. The quantitative estimate of drug-likeness (QED) is 0.467. The van der Waals surface area contributed by atoms with Crippen LogP contribution in [0, 0.1) is 13.8 Å². The number of primary amides is 1. The molecule has 1 amide bonds. The van der Waals surface area contributed by atoms with E-state index < -0.39 is 11.8 Å². The van der Waals surface area contributed by atoms with E-state index in [9.17, 15) is 4.79 Å². The number of aromatic nitrogens is 4. The maximum atomic E-state index is 12.3. The van der Waals surface area contributed by atoms with Gasteiger partial charge in [0, 0.05) is 44.8 Å². The molecule has 0 aliphatic carbocycles. The van der Waals surface area contributed by atoms with E-state index in [0.29, 0.717) is 10.7 Å². The number of H-pyrrole nitrogens is 1. The first-order valence-electron chi connectivity index (χ1n) is 8.78. The number of nitrogens with one attached hydrogen (secondary N) is 1. The number of nitrogens with two attached hydrogens (primary N) is 1. The maximum Gasteiger partial charge on any atom is 0.233 e. The third-order valence-electron chi connectivity index (χ3n) is 4.91. The first kappa shape index (κ1) is 17.2. The number of benzene rings is 1. The summed E-state index contributed by atoms with van der Waals surface area (Å²) in [6.45, 7) is 4.04. The molecule has 28 heavy (non-hydrogen) atoms. The van der Waals surface area contributed by atoms with Gasteiger partial charge in [0.15, 0.2) is 4.96 Å². The second-order valence-corrected chi connectivity index (χ2v) is 8.50. The zero-order valence-corrected chi connectivity index (χ0v) is 16.9. The number of hydrogen-bond acceptors (Lipinski definition) is 5. The molecule has 0 aliphatic heterocycles. The standard InChI is InChI=1S/C20H17N5OS2/c1-10-8-28-20-24-14(7-25(10)20)17(18(21)26)19-23-15(9-27-19)16-11(2)22-13-6-4-3-5-12(13)16/h3-9,17,22H,1-2H3,(H2,21,26). The Morgan fingerprint density at radius 2 is 2.00 bits per heavy atom. The molecule has 0 radical (unpaired) electrons. The van der Waals surface area contributed by atoms with E-state index in [0.717, 1.165) is 38.5 Å². The van der Waals surface area contributed by atoms with E-state index in [1.165, 1.54) is 11.3 Å². The molecule has 140 valence electrons. The second-order valence-electron chi connectivity index (χ2n) is 6.77. The van der Waals surface area contributed by atoms with Crippen molar-refractivity contribution in [2.75, 3.05) is 0 Å². The van der Waals surface area contributed by atoms with E-state index in [1.54, 1.807) is 11.3 Å². The Hall–Kier alpha value is -2.97. The van der Waals surface area contributed by atoms with Crippen LogP contribution in [-0.4, -0.2) is 25.3 Å². The van der Waals surface area contributed by atoms with Crippen molar-refractivity contribution in [2.45, 2.75) is 19.8 Å². The fourth-order valence-corrected chi connectivity index (χ4v) is 5.37. The number of imidazole rings is 1. The Bertz CT molecular complexity index is 1340. The average Bonchev–Trinajstić information content (AvgIpc) is 3.40. The molecule has 5 aromatic rings. The van der Waals surface area contributed by atoms with Crippen molar-refractivity contribution in [2.24, 2.45) is 5.73 Å². The van der Waals surface area contributed by atoms with Crippen molar-refractivity contribution in [3.8, 4) is 11.3 Å². The van der Waals surface area contributed by atoms with Gasteiger partial charge >= 0.3 is 0 Å². The topological polar surface area (TPSA) is 89.1 Å². The lowest BCUT2D eigenvalue weighted by Gasteiger charge is -2.07. The van der Waals surface area contributed by atoms with Gasteiger partial charge in [-0.25, -0.2) is 9.97 Å². The molecule has 1 unspecified atom stereocenters. The smallest absolute Gasteiger partial charge is 0.233 e. The van der Waals surface area contributed by atoms with Gasteiger partial charge in [-0.1, -0.05) is 18.2 Å². The summed E-state index contributed by atoms with van der Waals surface area (Å²) in [6.07, 6.45) is 1.88. The second kappa shape index (κ2) is 6.29. The van der Waals surface area contributed by atoms with E-state index >= 15 is 0 Å². The van der Waals surface area contributed by atoms with Crippen LogP contribution in [0.1, 0.15) is 28.0 Å². The van der Waals surface area contributed by atoms with Crippen molar-refractivity contribution in [3.05, 3.63) is 63.3 Å². The van der Waals surface area contributed by atoms with Gasteiger partial charge < -0.3 is 10.7 Å². The highest BCUT2D eigenvalue weighted by Crippen LogP contribution is 2.36. The molecule has 3 N–H and O–H groups in total. The summed E-state index contributed by atoms with van der Waals surface area (Å²) in [5.41, 5.74) is 11.5. The molecule has 4 aromatic heterocycles. The number of fused-ring (bicyclic) bond motifs is 2. The van der Waals surface area contributed by atoms with E-state index in [2.05, 4.69) is 16.0 Å². The lowest BCUT2D eigenvalue weighted by atomic mass is 10.1. The molecule has 5 rings (SSSR count). The van der Waals surface area contributed by atoms with Crippen molar-refractivity contribution in [1.82, 2.24) is 19.4 Å². The number of thiazole rings is 2. The van der Waals surface area contributed by atoms with Crippen LogP contribution in [-0.2, 0) is 4.79 Å². The third-order valence-corrected chi connectivity index (χ3v) is 6.77. The van der Waals surface area contributed by atoms with Crippen LogP contribution in [0.15, 0.2) is 41.2 Å². The number of hydrogen-bond donors (Lipinski definition) is 2. The Kier molecular flexibility index (Phi) is 3.85. The molecule has 1 aromatic carbocycles.